The highest BCUT2D eigenvalue weighted by molar-refractivity contribution is 6.59. The quantitative estimate of drug-likeness (QED) is 0.295. The van der Waals surface area contributed by atoms with Gasteiger partial charge in [0.05, 0.1) is 6.26 Å². The second-order valence-corrected chi connectivity index (χ2v) is 3.08. The van der Waals surface area contributed by atoms with Crippen LogP contribution in [0.15, 0.2) is 36.1 Å². The van der Waals surface area contributed by atoms with Gasteiger partial charge < -0.3 is 5.11 Å². The number of carbonyl (C=O) groups excluding carboxylic acids is 3. The molecule has 4 heteroatoms. The molecule has 2 rings (SSSR count). The number of aliphatic hydroxyl groups excluding tert-OH is 1. The Balaban J connectivity index is 2.73. The standard InChI is InChI=1S/C11H6O4/c12-5-8-9(13)6-3-1-2-4-7(6)10(14)11(8)15/h1-5,12H/b8-5+. The predicted molar refractivity (Wildman–Crippen MR) is 50.8 cm³/mol. The van der Waals surface area contributed by atoms with E-state index in [1.807, 2.05) is 0 Å². The van der Waals surface area contributed by atoms with Crippen LogP contribution in [0.5, 0.6) is 0 Å². The number of benzene rings is 1. The lowest BCUT2D eigenvalue weighted by molar-refractivity contribution is -0.111. The molecular formula is C11H6O4. The molecule has 0 heterocycles. The van der Waals surface area contributed by atoms with E-state index < -0.39 is 22.9 Å². The Morgan fingerprint density at radius 1 is 0.867 bits per heavy atom. The molecule has 74 valence electrons. The average molecular weight is 202 g/mol. The van der Waals surface area contributed by atoms with E-state index in [9.17, 15) is 14.4 Å². The summed E-state index contributed by atoms with van der Waals surface area (Å²) >= 11 is 0. The summed E-state index contributed by atoms with van der Waals surface area (Å²) < 4.78 is 0. The van der Waals surface area contributed by atoms with Gasteiger partial charge in [-0.05, 0) is 0 Å². The first-order valence-corrected chi connectivity index (χ1v) is 4.24. The molecule has 1 aromatic rings. The van der Waals surface area contributed by atoms with E-state index in [4.69, 9.17) is 5.11 Å². The number of fused-ring (bicyclic) bond motifs is 1. The summed E-state index contributed by atoms with van der Waals surface area (Å²) in [5, 5.41) is 8.72. The van der Waals surface area contributed by atoms with Gasteiger partial charge in [0.2, 0.25) is 17.3 Å². The Kier molecular flexibility index (Phi) is 1.97. The maximum absolute atomic E-state index is 11.6. The topological polar surface area (TPSA) is 71.4 Å². The maximum Gasteiger partial charge on any atom is 0.240 e. The fourth-order valence-corrected chi connectivity index (χ4v) is 1.49. The molecule has 0 aliphatic heterocycles. The van der Waals surface area contributed by atoms with Crippen molar-refractivity contribution in [3.05, 3.63) is 47.2 Å². The molecule has 4 nitrogen and oxygen atoms in total. The zero-order valence-electron chi connectivity index (χ0n) is 7.56. The summed E-state index contributed by atoms with van der Waals surface area (Å²) in [5.41, 5.74) is -0.223. The van der Waals surface area contributed by atoms with Gasteiger partial charge >= 0.3 is 0 Å². The molecular weight excluding hydrogens is 196 g/mol. The van der Waals surface area contributed by atoms with Gasteiger partial charge in [-0.2, -0.15) is 0 Å². The zero-order chi connectivity index (χ0) is 11.0. The van der Waals surface area contributed by atoms with Crippen molar-refractivity contribution in [2.75, 3.05) is 0 Å². The minimum atomic E-state index is -0.957. The summed E-state index contributed by atoms with van der Waals surface area (Å²) in [4.78, 5) is 34.4. The number of hydrogen-bond acceptors (Lipinski definition) is 4. The van der Waals surface area contributed by atoms with Crippen molar-refractivity contribution < 1.29 is 19.5 Å². The van der Waals surface area contributed by atoms with Gasteiger partial charge in [0.15, 0.2) is 0 Å². The maximum atomic E-state index is 11.6. The predicted octanol–water partition coefficient (Wildman–Crippen LogP) is 1.08. The summed E-state index contributed by atoms with van der Waals surface area (Å²) in [7, 11) is 0. The second kappa shape index (κ2) is 3.16. The summed E-state index contributed by atoms with van der Waals surface area (Å²) in [6.45, 7) is 0. The Hall–Kier alpha value is -2.23. The van der Waals surface area contributed by atoms with E-state index in [0.29, 0.717) is 6.26 Å². The molecule has 0 unspecified atom stereocenters. The van der Waals surface area contributed by atoms with Crippen molar-refractivity contribution in [3.8, 4) is 0 Å². The largest absolute Gasteiger partial charge is 0.515 e. The summed E-state index contributed by atoms with van der Waals surface area (Å²) in [6.07, 6.45) is 0.387. The number of allylic oxidation sites excluding steroid dienone is 1. The fraction of sp³-hybridized carbons (Fsp3) is 0. The molecule has 0 atom stereocenters. The molecule has 0 bridgehead atoms. The number of hydrogen-bond donors (Lipinski definition) is 1. The highest BCUT2D eigenvalue weighted by Crippen LogP contribution is 2.22. The van der Waals surface area contributed by atoms with Crippen LogP contribution in [0.1, 0.15) is 20.7 Å². The van der Waals surface area contributed by atoms with Crippen LogP contribution in [0.3, 0.4) is 0 Å². The number of rotatable bonds is 0. The number of Topliss-reactive ketones (excluding diaryl/α,β-unsaturated/α-hetero) is 3. The number of aliphatic hydroxyl groups is 1. The summed E-state index contributed by atoms with van der Waals surface area (Å²) in [6, 6.07) is 6.03. The van der Waals surface area contributed by atoms with Crippen LogP contribution in [0.25, 0.3) is 0 Å². The molecule has 1 N–H and O–H groups in total. The summed E-state index contributed by atoms with van der Waals surface area (Å²) in [5.74, 6) is -2.33. The van der Waals surface area contributed by atoms with Crippen molar-refractivity contribution in [2.24, 2.45) is 0 Å². The van der Waals surface area contributed by atoms with E-state index in [0.717, 1.165) is 0 Å². The highest BCUT2D eigenvalue weighted by atomic mass is 16.2. The van der Waals surface area contributed by atoms with Crippen LogP contribution in [0.2, 0.25) is 0 Å². The van der Waals surface area contributed by atoms with Crippen LogP contribution < -0.4 is 0 Å². The second-order valence-electron chi connectivity index (χ2n) is 3.08. The Morgan fingerprint density at radius 2 is 1.40 bits per heavy atom. The lowest BCUT2D eigenvalue weighted by Crippen LogP contribution is -2.29. The molecule has 0 saturated heterocycles. The van der Waals surface area contributed by atoms with E-state index in [1.54, 1.807) is 12.1 Å². The smallest absolute Gasteiger partial charge is 0.240 e. The van der Waals surface area contributed by atoms with Crippen molar-refractivity contribution >= 4 is 17.3 Å². The van der Waals surface area contributed by atoms with Crippen LogP contribution in [0, 0.1) is 0 Å². The van der Waals surface area contributed by atoms with Gasteiger partial charge in [-0.3, -0.25) is 14.4 Å². The molecule has 15 heavy (non-hydrogen) atoms. The Bertz CT molecular complexity index is 511. The fourth-order valence-electron chi connectivity index (χ4n) is 1.49. The molecule has 1 aliphatic carbocycles. The van der Waals surface area contributed by atoms with Gasteiger partial charge in [-0.15, -0.1) is 0 Å². The average Bonchev–Trinajstić information content (AvgIpc) is 2.27. The van der Waals surface area contributed by atoms with E-state index in [2.05, 4.69) is 0 Å². The van der Waals surface area contributed by atoms with E-state index >= 15 is 0 Å². The van der Waals surface area contributed by atoms with Crippen LogP contribution in [-0.4, -0.2) is 22.5 Å². The van der Waals surface area contributed by atoms with Gasteiger partial charge in [0.1, 0.15) is 5.57 Å². The van der Waals surface area contributed by atoms with Crippen molar-refractivity contribution in [3.63, 3.8) is 0 Å². The van der Waals surface area contributed by atoms with E-state index in [1.165, 1.54) is 12.1 Å². The van der Waals surface area contributed by atoms with Crippen LogP contribution >= 0.6 is 0 Å². The molecule has 1 aliphatic rings. The first-order valence-electron chi connectivity index (χ1n) is 4.24. The zero-order valence-corrected chi connectivity index (χ0v) is 7.56. The number of ketones is 3. The first kappa shape index (κ1) is 9.33. The Morgan fingerprint density at radius 3 is 1.93 bits per heavy atom. The highest BCUT2D eigenvalue weighted by Gasteiger charge is 2.35. The van der Waals surface area contributed by atoms with E-state index in [-0.39, 0.29) is 11.1 Å². The van der Waals surface area contributed by atoms with Gasteiger partial charge in [0.25, 0.3) is 0 Å². The molecule has 1 aromatic carbocycles. The van der Waals surface area contributed by atoms with Gasteiger partial charge in [0, 0.05) is 11.1 Å². The van der Waals surface area contributed by atoms with Gasteiger partial charge in [-0.25, -0.2) is 0 Å². The lowest BCUT2D eigenvalue weighted by atomic mass is 9.85. The lowest BCUT2D eigenvalue weighted by Gasteiger charge is -2.13. The molecule has 0 amide bonds. The monoisotopic (exact) mass is 202 g/mol. The van der Waals surface area contributed by atoms with Crippen molar-refractivity contribution in [1.82, 2.24) is 0 Å². The van der Waals surface area contributed by atoms with Crippen molar-refractivity contribution in [1.29, 1.82) is 0 Å². The first-order chi connectivity index (χ1) is 7.16. The SMILES string of the molecule is O=C1C(=O)c2ccccc2C(=O)/C1=C\O. The molecule has 0 saturated carbocycles. The minimum Gasteiger partial charge on any atom is -0.515 e. The van der Waals surface area contributed by atoms with Crippen LogP contribution in [-0.2, 0) is 4.79 Å². The third-order valence-corrected chi connectivity index (χ3v) is 2.24. The molecule has 0 fully saturated rings. The number of carbonyl (C=O) groups is 3. The molecule has 0 radical (unpaired) electrons. The third-order valence-electron chi connectivity index (χ3n) is 2.24. The van der Waals surface area contributed by atoms with Gasteiger partial charge in [-0.1, -0.05) is 24.3 Å². The molecule has 0 spiro atoms. The minimum absolute atomic E-state index is 0.0955. The third kappa shape index (κ3) is 1.19. The van der Waals surface area contributed by atoms with Crippen LogP contribution in [0.4, 0.5) is 0 Å². The Labute approximate surface area is 84.8 Å². The molecule has 0 aromatic heterocycles. The normalized spacial score (nSPS) is 18.1. The van der Waals surface area contributed by atoms with Crippen molar-refractivity contribution in [2.45, 2.75) is 0 Å².